The number of alkyl halides is 1. The third kappa shape index (κ3) is 5.29. The van der Waals surface area contributed by atoms with Crippen LogP contribution in [-0.2, 0) is 20.8 Å². The van der Waals surface area contributed by atoms with Gasteiger partial charge in [-0.05, 0) is 38.7 Å². The maximum Gasteiger partial charge on any atom is 0.247 e. The van der Waals surface area contributed by atoms with E-state index in [0.29, 0.717) is 32.5 Å². The Morgan fingerprint density at radius 1 is 1.20 bits per heavy atom. The first-order valence-electron chi connectivity index (χ1n) is 14.3. The molecule has 2 bridgehead atoms. The van der Waals surface area contributed by atoms with E-state index in [4.69, 9.17) is 0 Å². The van der Waals surface area contributed by atoms with Gasteiger partial charge in [0, 0.05) is 35.8 Å². The lowest BCUT2D eigenvalue weighted by molar-refractivity contribution is -0.147. The van der Waals surface area contributed by atoms with Crippen molar-refractivity contribution >= 4 is 45.4 Å². The Balaban J connectivity index is 1.82. The Hall–Kier alpha value is -2.10. The number of hydrogen-bond donors (Lipinski definition) is 1. The summed E-state index contributed by atoms with van der Waals surface area (Å²) in [5, 5.41) is 10.6. The van der Waals surface area contributed by atoms with Gasteiger partial charge in [-0.15, -0.1) is 24.9 Å². The normalized spacial score (nSPS) is 29.4. The van der Waals surface area contributed by atoms with Gasteiger partial charge in [0.15, 0.2) is 0 Å². The van der Waals surface area contributed by atoms with Crippen molar-refractivity contribution in [1.29, 1.82) is 0 Å². The van der Waals surface area contributed by atoms with Gasteiger partial charge in [0.25, 0.3) is 0 Å². The van der Waals surface area contributed by atoms with E-state index in [1.807, 2.05) is 51.1 Å². The lowest BCUT2D eigenvalue weighted by atomic mass is 9.70. The van der Waals surface area contributed by atoms with Crippen LogP contribution in [0.4, 0.5) is 0 Å². The fourth-order valence-corrected chi connectivity index (χ4v) is 10.5. The molecule has 3 amide bonds. The van der Waals surface area contributed by atoms with Crippen LogP contribution in [0.25, 0.3) is 0 Å². The lowest BCUT2D eigenvalue weighted by Gasteiger charge is -2.41. The number of fused-ring (bicyclic) bond motifs is 1. The predicted octanol–water partition coefficient (Wildman–Crippen LogP) is 3.90. The van der Waals surface area contributed by atoms with Crippen molar-refractivity contribution in [3.63, 3.8) is 0 Å². The molecule has 218 valence electrons. The van der Waals surface area contributed by atoms with Gasteiger partial charge in [-0.25, -0.2) is 0 Å². The van der Waals surface area contributed by atoms with E-state index in [0.717, 1.165) is 12.0 Å². The second kappa shape index (κ2) is 12.8. The fourth-order valence-electron chi connectivity index (χ4n) is 6.94. The first kappa shape index (κ1) is 30.8. The molecule has 3 unspecified atom stereocenters. The third-order valence-corrected chi connectivity index (χ3v) is 11.8. The van der Waals surface area contributed by atoms with E-state index >= 15 is 0 Å². The number of aliphatic hydroxyl groups is 1. The molecule has 3 aliphatic rings. The molecule has 1 N–H and O–H groups in total. The molecule has 3 aliphatic heterocycles. The van der Waals surface area contributed by atoms with Gasteiger partial charge < -0.3 is 19.8 Å². The van der Waals surface area contributed by atoms with Gasteiger partial charge in [0.2, 0.25) is 17.7 Å². The van der Waals surface area contributed by atoms with Crippen LogP contribution in [0.3, 0.4) is 0 Å². The molecular weight excluding hydrogens is 590 g/mol. The second-order valence-electron chi connectivity index (χ2n) is 11.4. The zero-order valence-corrected chi connectivity index (χ0v) is 26.1. The molecule has 3 fully saturated rings. The van der Waals surface area contributed by atoms with Crippen molar-refractivity contribution in [3.8, 4) is 0 Å². The number of carbonyl (C=O) groups excluding carboxylic acids is 3. The van der Waals surface area contributed by atoms with Crippen LogP contribution in [-0.4, -0.2) is 96.7 Å². The SMILES string of the molecule is C=CCN(CCC)C(=O)[C@H]1[C@@H]2SC3(CC2Br)C(C(=O)N(CC=C)C(C)C)N([C@@H](CO)Cc2ccccc2)C(=O)[C@H]13. The van der Waals surface area contributed by atoms with Gasteiger partial charge in [-0.1, -0.05) is 65.3 Å². The van der Waals surface area contributed by atoms with Gasteiger partial charge >= 0.3 is 0 Å². The standard InChI is InChI=1S/C31H42BrN3O4S/c1-6-14-33(15-7-2)28(37)24-25-29(38)35(22(19-36)17-21-12-10-9-11-13-21)27(30(39)34(16-8-3)20(4)5)31(25)18-23(32)26(24)40-31/h6,8-13,20,22-27,36H,1,3,7,14-19H2,2,4-5H3/t22-,23?,24-,25+,26-,27?,31?/m1/s1. The number of aliphatic hydroxyl groups excluding tert-OH is 1. The molecule has 1 aromatic rings. The summed E-state index contributed by atoms with van der Waals surface area (Å²) in [7, 11) is 0. The molecule has 3 heterocycles. The monoisotopic (exact) mass is 631 g/mol. The Bertz CT molecular complexity index is 1120. The molecule has 7 nitrogen and oxygen atoms in total. The summed E-state index contributed by atoms with van der Waals surface area (Å²) in [4.78, 5) is 48.4. The molecule has 3 saturated heterocycles. The minimum Gasteiger partial charge on any atom is -0.394 e. The summed E-state index contributed by atoms with van der Waals surface area (Å²) in [6.07, 6.45) is 5.25. The highest BCUT2D eigenvalue weighted by atomic mass is 79.9. The molecule has 0 radical (unpaired) electrons. The molecule has 0 saturated carbocycles. The zero-order chi connectivity index (χ0) is 29.2. The van der Waals surface area contributed by atoms with Crippen molar-refractivity contribution < 1.29 is 19.5 Å². The minimum atomic E-state index is -0.792. The van der Waals surface area contributed by atoms with Crippen molar-refractivity contribution in [2.75, 3.05) is 26.2 Å². The maximum atomic E-state index is 14.6. The van der Waals surface area contributed by atoms with E-state index in [9.17, 15) is 19.5 Å². The number of halogens is 1. The van der Waals surface area contributed by atoms with Crippen LogP contribution in [0.15, 0.2) is 55.6 Å². The van der Waals surface area contributed by atoms with E-state index in [-0.39, 0.29) is 40.4 Å². The number of likely N-dealkylation sites (tertiary alicyclic amines) is 1. The third-order valence-electron chi connectivity index (χ3n) is 8.55. The summed E-state index contributed by atoms with van der Waals surface area (Å²) < 4.78 is -0.766. The van der Waals surface area contributed by atoms with Gasteiger partial charge in [-0.2, -0.15) is 0 Å². The van der Waals surface area contributed by atoms with Crippen molar-refractivity contribution in [3.05, 3.63) is 61.2 Å². The van der Waals surface area contributed by atoms with Gasteiger partial charge in [0.1, 0.15) is 6.04 Å². The molecule has 4 rings (SSSR count). The molecule has 0 aliphatic carbocycles. The molecule has 9 heteroatoms. The highest BCUT2D eigenvalue weighted by Gasteiger charge is 2.76. The largest absolute Gasteiger partial charge is 0.394 e. The van der Waals surface area contributed by atoms with E-state index in [1.165, 1.54) is 0 Å². The fraction of sp³-hybridized carbons (Fsp3) is 0.581. The van der Waals surface area contributed by atoms with E-state index < -0.39 is 28.7 Å². The van der Waals surface area contributed by atoms with Crippen molar-refractivity contribution in [1.82, 2.24) is 14.7 Å². The topological polar surface area (TPSA) is 81.2 Å². The molecule has 1 spiro atoms. The summed E-state index contributed by atoms with van der Waals surface area (Å²) in [6, 6.07) is 8.24. The highest BCUT2D eigenvalue weighted by molar-refractivity contribution is 9.09. The van der Waals surface area contributed by atoms with Crippen LogP contribution in [0.5, 0.6) is 0 Å². The smallest absolute Gasteiger partial charge is 0.247 e. The van der Waals surface area contributed by atoms with Gasteiger partial charge in [-0.3, -0.25) is 14.4 Å². The van der Waals surface area contributed by atoms with Crippen LogP contribution in [0, 0.1) is 11.8 Å². The lowest BCUT2D eigenvalue weighted by Crippen LogP contribution is -2.59. The van der Waals surface area contributed by atoms with Crippen molar-refractivity contribution in [2.24, 2.45) is 11.8 Å². The van der Waals surface area contributed by atoms with Crippen LogP contribution >= 0.6 is 27.7 Å². The Morgan fingerprint density at radius 2 is 1.88 bits per heavy atom. The maximum absolute atomic E-state index is 14.6. The second-order valence-corrected chi connectivity index (χ2v) is 14.1. The number of carbonyl (C=O) groups is 3. The number of rotatable bonds is 13. The predicted molar refractivity (Wildman–Crippen MR) is 164 cm³/mol. The Kier molecular flexibility index (Phi) is 9.89. The van der Waals surface area contributed by atoms with E-state index in [1.54, 1.807) is 38.6 Å². The number of thioether (sulfide) groups is 1. The minimum absolute atomic E-state index is 0.00781. The van der Waals surface area contributed by atoms with Crippen LogP contribution in [0.2, 0.25) is 0 Å². The summed E-state index contributed by atoms with van der Waals surface area (Å²) in [5.41, 5.74) is 0.977. The van der Waals surface area contributed by atoms with Crippen LogP contribution < -0.4 is 0 Å². The zero-order valence-electron chi connectivity index (χ0n) is 23.7. The number of hydrogen-bond acceptors (Lipinski definition) is 5. The van der Waals surface area contributed by atoms with Crippen molar-refractivity contribution in [2.45, 2.75) is 73.0 Å². The number of benzene rings is 1. The quantitative estimate of drug-likeness (QED) is 0.264. The molecule has 7 atom stereocenters. The summed E-state index contributed by atoms with van der Waals surface area (Å²) >= 11 is 5.49. The van der Waals surface area contributed by atoms with Crippen LogP contribution in [0.1, 0.15) is 39.2 Å². The molecule has 1 aromatic carbocycles. The average Bonchev–Trinajstić information content (AvgIpc) is 3.53. The molecule has 40 heavy (non-hydrogen) atoms. The molecule has 0 aromatic heterocycles. The number of nitrogens with zero attached hydrogens (tertiary/aromatic N) is 3. The number of amides is 3. The first-order valence-corrected chi connectivity index (χ1v) is 16.1. The average molecular weight is 633 g/mol. The highest BCUT2D eigenvalue weighted by Crippen LogP contribution is 2.68. The molecular formula is C31H42BrN3O4S. The summed E-state index contributed by atoms with van der Waals surface area (Å²) in [5.74, 6) is -1.57. The van der Waals surface area contributed by atoms with Gasteiger partial charge in [0.05, 0.1) is 29.2 Å². The first-order chi connectivity index (χ1) is 19.2. The Labute approximate surface area is 251 Å². The Morgan fingerprint density at radius 3 is 2.45 bits per heavy atom. The van der Waals surface area contributed by atoms with E-state index in [2.05, 4.69) is 29.1 Å². The summed E-state index contributed by atoms with van der Waals surface area (Å²) in [6.45, 7) is 14.7.